The minimum atomic E-state index is -3.56. The Kier molecular flexibility index (Phi) is 7.78. The molecule has 2 N–H and O–H groups in total. The fourth-order valence-electron chi connectivity index (χ4n) is 2.86. The molecule has 0 saturated heterocycles. The van der Waals surface area contributed by atoms with Gasteiger partial charge in [-0.15, -0.1) is 0 Å². The number of carbonyl (C=O) groups excluding carboxylic acids is 1. The highest BCUT2D eigenvalue weighted by molar-refractivity contribution is 7.89. The van der Waals surface area contributed by atoms with Crippen LogP contribution in [0.1, 0.15) is 31.9 Å². The standard InChI is InChI=1S/C21H29N3O4S/c1-6-20(16-10-12-18(28-5)13-11-16)22-15(2)21(25)23-17-8-7-9-19(14-17)29(26,27)24(3)4/h7-15,20,22H,6H2,1-5H3,(H,23,25)/t15-,20-/m1/s1. The Morgan fingerprint density at radius 2 is 1.79 bits per heavy atom. The molecule has 1 amide bonds. The van der Waals surface area contributed by atoms with Crippen molar-refractivity contribution >= 4 is 21.6 Å². The molecule has 0 aromatic heterocycles. The zero-order valence-electron chi connectivity index (χ0n) is 17.5. The van der Waals surface area contributed by atoms with Crippen molar-refractivity contribution < 1.29 is 17.9 Å². The van der Waals surface area contributed by atoms with Crippen molar-refractivity contribution in [2.45, 2.75) is 37.2 Å². The van der Waals surface area contributed by atoms with Gasteiger partial charge in [-0.3, -0.25) is 10.1 Å². The van der Waals surface area contributed by atoms with Crippen molar-refractivity contribution in [3.63, 3.8) is 0 Å². The highest BCUT2D eigenvalue weighted by atomic mass is 32.2. The average Bonchev–Trinajstić information content (AvgIpc) is 2.72. The molecule has 2 atom stereocenters. The van der Waals surface area contributed by atoms with E-state index in [4.69, 9.17) is 4.74 Å². The molecule has 7 nitrogen and oxygen atoms in total. The molecule has 2 aromatic carbocycles. The van der Waals surface area contributed by atoms with E-state index in [1.165, 1.54) is 26.2 Å². The number of carbonyl (C=O) groups is 1. The predicted octanol–water partition coefficient (Wildman–Crippen LogP) is 3.01. The summed E-state index contributed by atoms with van der Waals surface area (Å²) < 4.78 is 30.9. The molecule has 0 bridgehead atoms. The van der Waals surface area contributed by atoms with E-state index in [1.54, 1.807) is 26.2 Å². The number of nitrogens with one attached hydrogen (secondary N) is 2. The number of benzene rings is 2. The van der Waals surface area contributed by atoms with E-state index in [0.717, 1.165) is 22.0 Å². The smallest absolute Gasteiger partial charge is 0.242 e. The lowest BCUT2D eigenvalue weighted by Gasteiger charge is -2.22. The highest BCUT2D eigenvalue weighted by Gasteiger charge is 2.20. The van der Waals surface area contributed by atoms with Crippen LogP contribution in [0.15, 0.2) is 53.4 Å². The van der Waals surface area contributed by atoms with Crippen molar-refractivity contribution in [1.82, 2.24) is 9.62 Å². The van der Waals surface area contributed by atoms with E-state index in [2.05, 4.69) is 10.6 Å². The van der Waals surface area contributed by atoms with Gasteiger partial charge in [-0.2, -0.15) is 0 Å². The maximum absolute atomic E-state index is 12.6. The number of sulfonamides is 1. The van der Waals surface area contributed by atoms with Gasteiger partial charge < -0.3 is 10.1 Å². The van der Waals surface area contributed by atoms with E-state index in [1.807, 2.05) is 31.2 Å². The van der Waals surface area contributed by atoms with E-state index in [9.17, 15) is 13.2 Å². The Morgan fingerprint density at radius 1 is 1.14 bits per heavy atom. The first-order valence-electron chi connectivity index (χ1n) is 9.42. The van der Waals surface area contributed by atoms with Crippen molar-refractivity contribution in [1.29, 1.82) is 0 Å². The van der Waals surface area contributed by atoms with Gasteiger partial charge in [0.2, 0.25) is 15.9 Å². The zero-order chi connectivity index (χ0) is 21.6. The molecule has 29 heavy (non-hydrogen) atoms. The number of methoxy groups -OCH3 is 1. The number of anilines is 1. The van der Waals surface area contributed by atoms with Gasteiger partial charge in [0.25, 0.3) is 0 Å². The molecule has 0 spiro atoms. The number of nitrogens with zero attached hydrogens (tertiary/aromatic N) is 1. The summed E-state index contributed by atoms with van der Waals surface area (Å²) in [5.41, 5.74) is 1.50. The molecule has 0 saturated carbocycles. The lowest BCUT2D eigenvalue weighted by atomic mass is 10.0. The largest absolute Gasteiger partial charge is 0.497 e. The van der Waals surface area contributed by atoms with Crippen LogP contribution >= 0.6 is 0 Å². The minimum Gasteiger partial charge on any atom is -0.497 e. The molecular formula is C21H29N3O4S. The fraction of sp³-hybridized carbons (Fsp3) is 0.381. The molecule has 0 fully saturated rings. The Bertz CT molecular complexity index is 927. The van der Waals surface area contributed by atoms with Crippen molar-refractivity contribution in [3.8, 4) is 5.75 Å². The van der Waals surface area contributed by atoms with Gasteiger partial charge in [-0.1, -0.05) is 25.1 Å². The average molecular weight is 420 g/mol. The number of rotatable bonds is 9. The van der Waals surface area contributed by atoms with E-state index < -0.39 is 16.1 Å². The second kappa shape index (κ2) is 9.87. The summed E-state index contributed by atoms with van der Waals surface area (Å²) in [5, 5.41) is 6.11. The van der Waals surface area contributed by atoms with Crippen LogP contribution in [-0.4, -0.2) is 45.9 Å². The molecule has 8 heteroatoms. The van der Waals surface area contributed by atoms with Gasteiger partial charge >= 0.3 is 0 Å². The number of ether oxygens (including phenoxy) is 1. The predicted molar refractivity (Wildman–Crippen MR) is 115 cm³/mol. The first-order valence-corrected chi connectivity index (χ1v) is 10.9. The summed E-state index contributed by atoms with van der Waals surface area (Å²) in [5.74, 6) is 0.540. The van der Waals surface area contributed by atoms with E-state index in [0.29, 0.717) is 5.69 Å². The molecular weight excluding hydrogens is 390 g/mol. The summed E-state index contributed by atoms with van der Waals surface area (Å²) in [4.78, 5) is 12.8. The first kappa shape index (κ1) is 22.9. The SMILES string of the molecule is CC[C@@H](N[C@H](C)C(=O)Nc1cccc(S(=O)(=O)N(C)C)c1)c1ccc(OC)cc1. The summed E-state index contributed by atoms with van der Waals surface area (Å²) in [7, 11) is 0.995. The van der Waals surface area contributed by atoms with Crippen molar-refractivity contribution in [3.05, 3.63) is 54.1 Å². The van der Waals surface area contributed by atoms with Gasteiger partial charge in [0.15, 0.2) is 0 Å². The first-order chi connectivity index (χ1) is 13.7. The number of hydrogen-bond donors (Lipinski definition) is 2. The second-order valence-corrected chi connectivity index (χ2v) is 9.08. The molecule has 158 valence electrons. The molecule has 0 unspecified atom stereocenters. The van der Waals surface area contributed by atoms with Crippen LogP contribution in [0.2, 0.25) is 0 Å². The number of hydrogen-bond acceptors (Lipinski definition) is 5. The van der Waals surface area contributed by atoms with Crippen LogP contribution in [0.25, 0.3) is 0 Å². The summed E-state index contributed by atoms with van der Waals surface area (Å²) >= 11 is 0. The molecule has 0 aliphatic rings. The summed E-state index contributed by atoms with van der Waals surface area (Å²) in [6.07, 6.45) is 0.806. The Labute approximate surface area is 173 Å². The molecule has 2 rings (SSSR count). The maximum atomic E-state index is 12.6. The van der Waals surface area contributed by atoms with Gasteiger partial charge in [0, 0.05) is 25.8 Å². The van der Waals surface area contributed by atoms with Crippen molar-refractivity contribution in [2.75, 3.05) is 26.5 Å². The topological polar surface area (TPSA) is 87.7 Å². The highest BCUT2D eigenvalue weighted by Crippen LogP contribution is 2.21. The second-order valence-electron chi connectivity index (χ2n) is 6.93. The third-order valence-corrected chi connectivity index (χ3v) is 6.46. The normalized spacial score (nSPS) is 13.7. The van der Waals surface area contributed by atoms with Crippen LogP contribution in [0.4, 0.5) is 5.69 Å². The monoisotopic (exact) mass is 419 g/mol. The van der Waals surface area contributed by atoms with Crippen LogP contribution < -0.4 is 15.4 Å². The quantitative estimate of drug-likeness (QED) is 0.652. The molecule has 2 aromatic rings. The van der Waals surface area contributed by atoms with E-state index in [-0.39, 0.29) is 16.8 Å². The third-order valence-electron chi connectivity index (χ3n) is 4.65. The minimum absolute atomic E-state index is 0.00195. The maximum Gasteiger partial charge on any atom is 0.242 e. The van der Waals surface area contributed by atoms with Crippen LogP contribution in [0, 0.1) is 0 Å². The summed E-state index contributed by atoms with van der Waals surface area (Å²) in [6.45, 7) is 3.82. The molecule has 0 radical (unpaired) electrons. The Morgan fingerprint density at radius 3 is 2.34 bits per heavy atom. The Balaban J connectivity index is 2.08. The van der Waals surface area contributed by atoms with Crippen molar-refractivity contribution in [2.24, 2.45) is 0 Å². The number of amides is 1. The van der Waals surface area contributed by atoms with Gasteiger partial charge in [0.05, 0.1) is 18.0 Å². The van der Waals surface area contributed by atoms with Crippen LogP contribution in [0.5, 0.6) is 5.75 Å². The Hall–Kier alpha value is -2.42. The van der Waals surface area contributed by atoms with Crippen LogP contribution in [0.3, 0.4) is 0 Å². The van der Waals surface area contributed by atoms with E-state index >= 15 is 0 Å². The lowest BCUT2D eigenvalue weighted by Crippen LogP contribution is -2.40. The van der Waals surface area contributed by atoms with Gasteiger partial charge in [0.1, 0.15) is 5.75 Å². The third kappa shape index (κ3) is 5.79. The molecule has 0 heterocycles. The summed E-state index contributed by atoms with van der Waals surface area (Å²) in [6, 6.07) is 13.5. The lowest BCUT2D eigenvalue weighted by molar-refractivity contribution is -0.118. The molecule has 0 aliphatic heterocycles. The zero-order valence-corrected chi connectivity index (χ0v) is 18.3. The van der Waals surface area contributed by atoms with Gasteiger partial charge in [-0.05, 0) is 49.2 Å². The molecule has 0 aliphatic carbocycles. The van der Waals surface area contributed by atoms with Gasteiger partial charge in [-0.25, -0.2) is 12.7 Å². The fourth-order valence-corrected chi connectivity index (χ4v) is 3.81. The van der Waals surface area contributed by atoms with Crippen LogP contribution in [-0.2, 0) is 14.8 Å².